The van der Waals surface area contributed by atoms with Crippen molar-refractivity contribution in [2.75, 3.05) is 5.32 Å². The van der Waals surface area contributed by atoms with Crippen molar-refractivity contribution in [3.8, 4) is 0 Å². The summed E-state index contributed by atoms with van der Waals surface area (Å²) in [7, 11) is 1.87. The molecule has 130 valence electrons. The third-order valence-electron chi connectivity index (χ3n) is 4.41. The summed E-state index contributed by atoms with van der Waals surface area (Å²) < 4.78 is 3.91. The Hall–Kier alpha value is -1.83. The Bertz CT molecular complexity index is 761. The molecule has 2 aromatic heterocycles. The normalized spacial score (nSPS) is 15.5. The number of rotatable bonds is 6. The van der Waals surface area contributed by atoms with Gasteiger partial charge in [0.05, 0.1) is 22.3 Å². The van der Waals surface area contributed by atoms with Gasteiger partial charge in [-0.1, -0.05) is 11.8 Å². The molecule has 0 radical (unpaired) electrons. The minimum atomic E-state index is -0.259. The molecule has 8 heteroatoms. The fourth-order valence-corrected chi connectivity index (χ4v) is 3.64. The lowest BCUT2D eigenvalue weighted by atomic mass is 10.3. The highest BCUT2D eigenvalue weighted by atomic mass is 32.2. The average Bonchev–Trinajstić information content (AvgIpc) is 3.27. The summed E-state index contributed by atoms with van der Waals surface area (Å²) in [6, 6.07) is 0. The highest BCUT2D eigenvalue weighted by Gasteiger charge is 2.31. The van der Waals surface area contributed by atoms with Gasteiger partial charge >= 0.3 is 0 Å². The van der Waals surface area contributed by atoms with Crippen LogP contribution in [0.1, 0.15) is 49.8 Å². The van der Waals surface area contributed by atoms with E-state index >= 15 is 0 Å². The quantitative estimate of drug-likeness (QED) is 0.812. The number of aromatic nitrogens is 5. The first kappa shape index (κ1) is 17.0. The molecule has 1 N–H and O–H groups in total. The number of nitrogens with zero attached hydrogens (tertiary/aromatic N) is 5. The number of anilines is 1. The van der Waals surface area contributed by atoms with Crippen molar-refractivity contribution in [3.63, 3.8) is 0 Å². The summed E-state index contributed by atoms with van der Waals surface area (Å²) in [5.41, 5.74) is 2.57. The van der Waals surface area contributed by atoms with E-state index in [9.17, 15) is 4.79 Å². The zero-order valence-corrected chi connectivity index (χ0v) is 15.6. The first-order valence-corrected chi connectivity index (χ1v) is 9.21. The van der Waals surface area contributed by atoms with Crippen LogP contribution in [0.15, 0.2) is 5.16 Å². The molecular weight excluding hydrogens is 324 g/mol. The molecule has 7 nitrogen and oxygen atoms in total. The Balaban J connectivity index is 1.70. The number of thioether (sulfide) groups is 1. The SMILES string of the molecule is CCn1c(S[C@H](C)C(=O)Nc2c(C)nn(C)c2C)nnc1C1CC1. The number of carbonyl (C=O) groups is 1. The summed E-state index contributed by atoms with van der Waals surface area (Å²) in [4.78, 5) is 12.6. The maximum atomic E-state index is 12.6. The maximum absolute atomic E-state index is 12.6. The van der Waals surface area contributed by atoms with Gasteiger partial charge in [0.1, 0.15) is 5.82 Å². The fourth-order valence-electron chi connectivity index (χ4n) is 2.72. The third-order valence-corrected chi connectivity index (χ3v) is 5.49. The van der Waals surface area contributed by atoms with E-state index in [1.165, 1.54) is 24.6 Å². The smallest absolute Gasteiger partial charge is 0.237 e. The van der Waals surface area contributed by atoms with Crippen molar-refractivity contribution >= 4 is 23.4 Å². The van der Waals surface area contributed by atoms with Gasteiger partial charge in [-0.2, -0.15) is 5.10 Å². The van der Waals surface area contributed by atoms with Gasteiger partial charge in [0.25, 0.3) is 0 Å². The van der Waals surface area contributed by atoms with Crippen LogP contribution in [-0.4, -0.2) is 35.7 Å². The van der Waals surface area contributed by atoms with Crippen LogP contribution < -0.4 is 5.32 Å². The fraction of sp³-hybridized carbons (Fsp3) is 0.625. The summed E-state index contributed by atoms with van der Waals surface area (Å²) in [5.74, 6) is 1.57. The molecule has 24 heavy (non-hydrogen) atoms. The van der Waals surface area contributed by atoms with E-state index in [0.717, 1.165) is 34.6 Å². The van der Waals surface area contributed by atoms with Crippen molar-refractivity contribution in [2.24, 2.45) is 7.05 Å². The van der Waals surface area contributed by atoms with Crippen LogP contribution in [0.5, 0.6) is 0 Å². The van der Waals surface area contributed by atoms with Crippen molar-refractivity contribution in [1.29, 1.82) is 0 Å². The summed E-state index contributed by atoms with van der Waals surface area (Å²) in [6.45, 7) is 8.66. The van der Waals surface area contributed by atoms with E-state index in [4.69, 9.17) is 0 Å². The van der Waals surface area contributed by atoms with E-state index < -0.39 is 0 Å². The van der Waals surface area contributed by atoms with Gasteiger partial charge in [0.2, 0.25) is 5.91 Å². The van der Waals surface area contributed by atoms with Crippen molar-refractivity contribution in [2.45, 2.75) is 63.4 Å². The third kappa shape index (κ3) is 3.19. The van der Waals surface area contributed by atoms with Gasteiger partial charge < -0.3 is 9.88 Å². The molecule has 3 rings (SSSR count). The highest BCUT2D eigenvalue weighted by Crippen LogP contribution is 2.40. The van der Waals surface area contributed by atoms with Gasteiger partial charge in [-0.15, -0.1) is 10.2 Å². The summed E-state index contributed by atoms with van der Waals surface area (Å²) in [5, 5.41) is 16.5. The molecule has 0 saturated heterocycles. The molecule has 1 fully saturated rings. The van der Waals surface area contributed by atoms with Crippen molar-refractivity contribution in [1.82, 2.24) is 24.5 Å². The lowest BCUT2D eigenvalue weighted by Gasteiger charge is -2.13. The van der Waals surface area contributed by atoms with Gasteiger partial charge in [-0.25, -0.2) is 0 Å². The molecule has 2 aromatic rings. The second kappa shape index (κ2) is 6.58. The molecule has 1 saturated carbocycles. The summed E-state index contributed by atoms with van der Waals surface area (Å²) in [6.07, 6.45) is 2.39. The molecule has 0 aromatic carbocycles. The Morgan fingerprint density at radius 3 is 2.62 bits per heavy atom. The summed E-state index contributed by atoms with van der Waals surface area (Å²) >= 11 is 1.46. The second-order valence-corrected chi connectivity index (χ2v) is 7.59. The van der Waals surface area contributed by atoms with E-state index in [-0.39, 0.29) is 11.2 Å². The number of amides is 1. The predicted octanol–water partition coefficient (Wildman–Crippen LogP) is 2.65. The van der Waals surface area contributed by atoms with Crippen LogP contribution in [0.25, 0.3) is 0 Å². The van der Waals surface area contributed by atoms with Crippen LogP contribution in [-0.2, 0) is 18.4 Å². The predicted molar refractivity (Wildman–Crippen MR) is 94.3 cm³/mol. The molecule has 1 aliphatic carbocycles. The number of aryl methyl sites for hydroxylation is 2. The topological polar surface area (TPSA) is 77.6 Å². The van der Waals surface area contributed by atoms with Crippen LogP contribution in [0.2, 0.25) is 0 Å². The molecule has 1 aliphatic rings. The lowest BCUT2D eigenvalue weighted by molar-refractivity contribution is -0.115. The van der Waals surface area contributed by atoms with E-state index in [0.29, 0.717) is 5.92 Å². The number of carbonyl (C=O) groups excluding carboxylic acids is 1. The molecule has 1 atom stereocenters. The number of hydrogen-bond acceptors (Lipinski definition) is 5. The molecule has 0 aliphatic heterocycles. The van der Waals surface area contributed by atoms with E-state index in [1.807, 2.05) is 27.8 Å². The first-order valence-electron chi connectivity index (χ1n) is 8.33. The maximum Gasteiger partial charge on any atom is 0.237 e. The molecule has 2 heterocycles. The van der Waals surface area contributed by atoms with Crippen LogP contribution in [0.4, 0.5) is 5.69 Å². The Morgan fingerprint density at radius 1 is 1.38 bits per heavy atom. The standard InChI is InChI=1S/C16H24N6OS/c1-6-22-14(12-7-8-12)18-19-16(22)24-11(4)15(23)17-13-9(2)20-21(5)10(13)3/h11-12H,6-8H2,1-5H3,(H,17,23)/t11-/m1/s1. The number of hydrogen-bond donors (Lipinski definition) is 1. The van der Waals surface area contributed by atoms with Crippen LogP contribution in [0, 0.1) is 13.8 Å². The van der Waals surface area contributed by atoms with Gasteiger partial charge in [-0.05, 0) is 40.5 Å². The Kier molecular flexibility index (Phi) is 4.67. The number of nitrogens with one attached hydrogen (secondary N) is 1. The molecule has 0 unspecified atom stereocenters. The average molecular weight is 348 g/mol. The first-order chi connectivity index (χ1) is 11.4. The highest BCUT2D eigenvalue weighted by molar-refractivity contribution is 8.00. The lowest BCUT2D eigenvalue weighted by Crippen LogP contribution is -2.23. The molecular formula is C16H24N6OS. The van der Waals surface area contributed by atoms with E-state index in [1.54, 1.807) is 4.68 Å². The van der Waals surface area contributed by atoms with Crippen LogP contribution >= 0.6 is 11.8 Å². The minimum absolute atomic E-state index is 0.0437. The van der Waals surface area contributed by atoms with Crippen molar-refractivity contribution in [3.05, 3.63) is 17.2 Å². The molecule has 0 bridgehead atoms. The van der Waals surface area contributed by atoms with Crippen LogP contribution in [0.3, 0.4) is 0 Å². The monoisotopic (exact) mass is 348 g/mol. The van der Waals surface area contributed by atoms with Gasteiger partial charge in [0, 0.05) is 19.5 Å². The van der Waals surface area contributed by atoms with Gasteiger partial charge in [0.15, 0.2) is 5.16 Å². The van der Waals surface area contributed by atoms with Crippen molar-refractivity contribution < 1.29 is 4.79 Å². The molecule has 1 amide bonds. The Labute approximate surface area is 146 Å². The second-order valence-electron chi connectivity index (χ2n) is 6.28. The van der Waals surface area contributed by atoms with Gasteiger partial charge in [-0.3, -0.25) is 9.48 Å². The van der Waals surface area contributed by atoms with E-state index in [2.05, 4.69) is 32.1 Å². The zero-order chi connectivity index (χ0) is 17.4. The minimum Gasteiger partial charge on any atom is -0.322 e. The molecule has 0 spiro atoms. The zero-order valence-electron chi connectivity index (χ0n) is 14.8. The largest absolute Gasteiger partial charge is 0.322 e. The Morgan fingerprint density at radius 2 is 2.08 bits per heavy atom.